The van der Waals surface area contributed by atoms with Crippen LogP contribution in [0.3, 0.4) is 0 Å². The lowest BCUT2D eigenvalue weighted by Gasteiger charge is -2.36. The van der Waals surface area contributed by atoms with Crippen LogP contribution in [-0.2, 0) is 23.9 Å². The second kappa shape index (κ2) is 11.0. The van der Waals surface area contributed by atoms with Crippen molar-refractivity contribution in [3.05, 3.63) is 60.2 Å². The first-order valence-electron chi connectivity index (χ1n) is 13.9. The van der Waals surface area contributed by atoms with Gasteiger partial charge in [-0.15, -0.1) is 0 Å². The van der Waals surface area contributed by atoms with Crippen molar-refractivity contribution >= 4 is 29.2 Å². The first-order valence-corrected chi connectivity index (χ1v) is 13.9. The second-order valence-electron chi connectivity index (χ2n) is 10.4. The van der Waals surface area contributed by atoms with E-state index in [1.54, 1.807) is 6.92 Å². The van der Waals surface area contributed by atoms with E-state index in [-0.39, 0.29) is 19.1 Å². The third kappa shape index (κ3) is 4.47. The number of carbonyl (C=O) groups is 3. The number of anilines is 2. The molecule has 39 heavy (non-hydrogen) atoms. The highest BCUT2D eigenvalue weighted by Gasteiger charge is 2.75. The molecule has 2 bridgehead atoms. The quantitative estimate of drug-likeness (QED) is 0.450. The van der Waals surface area contributed by atoms with E-state index in [2.05, 4.69) is 24.1 Å². The summed E-state index contributed by atoms with van der Waals surface area (Å²) < 4.78 is 11.8. The summed E-state index contributed by atoms with van der Waals surface area (Å²) in [7, 11) is 0. The summed E-state index contributed by atoms with van der Waals surface area (Å²) in [5.74, 6) is -2.88. The minimum absolute atomic E-state index is 0.191. The van der Waals surface area contributed by atoms with Crippen molar-refractivity contribution in [3.8, 4) is 0 Å². The third-order valence-corrected chi connectivity index (χ3v) is 8.50. The molecule has 2 aromatic carbocycles. The number of likely N-dealkylation sites (tertiary alicyclic amines) is 1. The summed E-state index contributed by atoms with van der Waals surface area (Å²) in [6, 6.07) is 14.9. The Morgan fingerprint density at radius 3 is 2.44 bits per heavy atom. The van der Waals surface area contributed by atoms with Crippen molar-refractivity contribution in [1.29, 1.82) is 0 Å². The van der Waals surface area contributed by atoms with E-state index < -0.39 is 47.5 Å². The molecule has 3 aliphatic rings. The van der Waals surface area contributed by atoms with Gasteiger partial charge in [0.2, 0.25) is 11.8 Å². The van der Waals surface area contributed by atoms with Gasteiger partial charge < -0.3 is 29.7 Å². The fourth-order valence-corrected chi connectivity index (χ4v) is 6.82. The summed E-state index contributed by atoms with van der Waals surface area (Å²) in [6.07, 6.45) is 0.540. The molecule has 2 unspecified atom stereocenters. The normalized spacial score (nSPS) is 27.8. The van der Waals surface area contributed by atoms with Gasteiger partial charge in [-0.1, -0.05) is 30.3 Å². The maximum absolute atomic E-state index is 14.2. The van der Waals surface area contributed by atoms with Crippen molar-refractivity contribution in [2.45, 2.75) is 57.4 Å². The number of fused-ring (bicyclic) bond motifs is 1. The number of nitrogens with zero attached hydrogens (tertiary/aromatic N) is 2. The van der Waals surface area contributed by atoms with E-state index in [4.69, 9.17) is 9.47 Å². The van der Waals surface area contributed by atoms with E-state index in [1.165, 1.54) is 4.90 Å². The van der Waals surface area contributed by atoms with Gasteiger partial charge in [0, 0.05) is 24.5 Å². The molecule has 0 saturated carbocycles. The van der Waals surface area contributed by atoms with Crippen molar-refractivity contribution in [1.82, 2.24) is 4.90 Å². The zero-order valence-corrected chi connectivity index (χ0v) is 22.7. The number of nitrogens with one attached hydrogen (secondary N) is 1. The Morgan fingerprint density at radius 2 is 1.82 bits per heavy atom. The van der Waals surface area contributed by atoms with Crippen LogP contribution in [0, 0.1) is 11.8 Å². The van der Waals surface area contributed by atoms with Gasteiger partial charge in [-0.25, -0.2) is 0 Å². The molecule has 2 amide bonds. The van der Waals surface area contributed by atoms with Crippen LogP contribution in [0.15, 0.2) is 54.6 Å². The molecule has 5 rings (SSSR count). The van der Waals surface area contributed by atoms with Crippen LogP contribution in [0.2, 0.25) is 0 Å². The lowest BCUT2D eigenvalue weighted by molar-refractivity contribution is -0.155. The first kappa shape index (κ1) is 27.1. The van der Waals surface area contributed by atoms with Crippen molar-refractivity contribution in [2.75, 3.05) is 36.5 Å². The number of esters is 1. The molecule has 0 aromatic heterocycles. The van der Waals surface area contributed by atoms with E-state index in [0.29, 0.717) is 24.1 Å². The monoisotopic (exact) mass is 535 g/mol. The van der Waals surface area contributed by atoms with Gasteiger partial charge in [-0.3, -0.25) is 14.4 Å². The van der Waals surface area contributed by atoms with Crippen LogP contribution in [0.25, 0.3) is 0 Å². The van der Waals surface area contributed by atoms with Gasteiger partial charge in [0.25, 0.3) is 0 Å². The maximum atomic E-state index is 14.2. The Labute approximate surface area is 229 Å². The number of rotatable bonds is 10. The number of aliphatic hydroxyl groups is 1. The highest BCUT2D eigenvalue weighted by molar-refractivity contribution is 6.03. The summed E-state index contributed by atoms with van der Waals surface area (Å²) in [6.45, 7) is 7.45. The average Bonchev–Trinajstić information content (AvgIpc) is 3.59. The van der Waals surface area contributed by atoms with Crippen LogP contribution in [-0.4, -0.2) is 71.8 Å². The second-order valence-corrected chi connectivity index (χ2v) is 10.4. The third-order valence-electron chi connectivity index (χ3n) is 8.50. The molecule has 1 spiro atoms. The summed E-state index contributed by atoms with van der Waals surface area (Å²) >= 11 is 0. The molecule has 6 atom stereocenters. The molecule has 0 aliphatic carbocycles. The number of ether oxygens (including phenoxy) is 2. The fourth-order valence-electron chi connectivity index (χ4n) is 6.82. The Morgan fingerprint density at radius 1 is 1.13 bits per heavy atom. The van der Waals surface area contributed by atoms with Gasteiger partial charge in [0.1, 0.15) is 11.6 Å². The Bertz CT molecular complexity index is 1200. The predicted molar refractivity (Wildman–Crippen MR) is 146 cm³/mol. The minimum atomic E-state index is -1.17. The molecule has 208 valence electrons. The molecule has 9 nitrogen and oxygen atoms in total. The highest BCUT2D eigenvalue weighted by Crippen LogP contribution is 2.60. The average molecular weight is 536 g/mol. The molecule has 3 saturated heterocycles. The van der Waals surface area contributed by atoms with Crippen molar-refractivity contribution in [2.24, 2.45) is 11.8 Å². The van der Waals surface area contributed by atoms with Crippen LogP contribution in [0.5, 0.6) is 0 Å². The van der Waals surface area contributed by atoms with Gasteiger partial charge in [-0.05, 0) is 63.4 Å². The topological polar surface area (TPSA) is 108 Å². The number of hydrogen-bond donors (Lipinski definition) is 2. The molecule has 2 N–H and O–H groups in total. The smallest absolute Gasteiger partial charge is 0.312 e. The standard InChI is InChI=1S/C30H37N3O6/c1-4-32(5-2)21-14-12-20(13-15-21)31-27(35)26-30-17-16-23(39-30)24(29(37)38-6-3)25(30)28(36)33(26)22(18-34)19-10-8-7-9-11-19/h7-15,22-26,34H,4-6,16-18H2,1-3H3,(H,31,35)/t22-,23-,24+,25+,26?,30?/m1/s1. The van der Waals surface area contributed by atoms with Crippen LogP contribution >= 0.6 is 0 Å². The molecule has 3 aliphatic heterocycles. The highest BCUT2D eigenvalue weighted by atomic mass is 16.6. The van der Waals surface area contributed by atoms with Gasteiger partial charge in [0.05, 0.1) is 37.2 Å². The van der Waals surface area contributed by atoms with Gasteiger partial charge >= 0.3 is 5.97 Å². The molecular formula is C30H37N3O6. The van der Waals surface area contributed by atoms with Crippen LogP contribution < -0.4 is 10.2 Å². The lowest BCUT2D eigenvalue weighted by atomic mass is 9.70. The molecule has 9 heteroatoms. The zero-order chi connectivity index (χ0) is 27.7. The van der Waals surface area contributed by atoms with Crippen molar-refractivity contribution < 1.29 is 29.0 Å². The largest absolute Gasteiger partial charge is 0.466 e. The Balaban J connectivity index is 1.52. The number of hydrogen-bond acceptors (Lipinski definition) is 7. The fraction of sp³-hybridized carbons (Fsp3) is 0.500. The summed E-state index contributed by atoms with van der Waals surface area (Å²) in [5.41, 5.74) is 1.17. The van der Waals surface area contributed by atoms with Gasteiger partial charge in [-0.2, -0.15) is 0 Å². The SMILES string of the molecule is CCOC(=O)[C@@H]1[C@H]2C(=O)N([C@H](CO)c3ccccc3)C(C(=O)Nc3ccc(N(CC)CC)cc3)C23CC[C@H]1O3. The van der Waals surface area contributed by atoms with E-state index in [0.717, 1.165) is 18.8 Å². The molecule has 3 heterocycles. The maximum Gasteiger partial charge on any atom is 0.312 e. The number of carbonyl (C=O) groups excluding carboxylic acids is 3. The van der Waals surface area contributed by atoms with E-state index >= 15 is 0 Å². The number of benzene rings is 2. The Hall–Kier alpha value is -3.43. The van der Waals surface area contributed by atoms with Gasteiger partial charge in [0.15, 0.2) is 0 Å². The summed E-state index contributed by atoms with van der Waals surface area (Å²) in [5, 5.41) is 13.5. The molecule has 0 radical (unpaired) electrons. The van der Waals surface area contributed by atoms with E-state index in [9.17, 15) is 19.5 Å². The minimum Gasteiger partial charge on any atom is -0.466 e. The molecular weight excluding hydrogens is 498 g/mol. The first-order chi connectivity index (χ1) is 18.9. The van der Waals surface area contributed by atoms with Crippen molar-refractivity contribution in [3.63, 3.8) is 0 Å². The lowest BCUT2D eigenvalue weighted by Crippen LogP contribution is -2.54. The number of aliphatic hydroxyl groups excluding tert-OH is 1. The zero-order valence-electron chi connectivity index (χ0n) is 22.7. The molecule has 3 fully saturated rings. The molecule has 2 aromatic rings. The van der Waals surface area contributed by atoms with E-state index in [1.807, 2.05) is 54.6 Å². The van der Waals surface area contributed by atoms with Crippen LogP contribution in [0.4, 0.5) is 11.4 Å². The number of amides is 2. The Kier molecular flexibility index (Phi) is 7.64. The predicted octanol–water partition coefficient (Wildman–Crippen LogP) is 3.14. The summed E-state index contributed by atoms with van der Waals surface area (Å²) in [4.78, 5) is 44.9. The van der Waals surface area contributed by atoms with Crippen LogP contribution in [0.1, 0.15) is 45.2 Å².